The number of benzene rings is 1. The van der Waals surface area contributed by atoms with Gasteiger partial charge >= 0.3 is 4.87 Å². The van der Waals surface area contributed by atoms with E-state index in [1.54, 1.807) is 0 Å². The summed E-state index contributed by atoms with van der Waals surface area (Å²) in [6.45, 7) is 2.04. The van der Waals surface area contributed by atoms with Crippen LogP contribution in [0.2, 0.25) is 0 Å². The molecule has 0 fully saturated rings. The largest absolute Gasteiger partial charge is 0.312 e. The topological polar surface area (TPSA) is 32.9 Å². The maximum atomic E-state index is 10.9. The summed E-state index contributed by atoms with van der Waals surface area (Å²) in [5.41, 5.74) is 3.17. The highest BCUT2D eigenvalue weighted by molar-refractivity contribution is 7.07. The highest BCUT2D eigenvalue weighted by Gasteiger charge is 1.99. The van der Waals surface area contributed by atoms with Gasteiger partial charge in [0.1, 0.15) is 0 Å². The zero-order valence-corrected chi connectivity index (χ0v) is 8.02. The van der Waals surface area contributed by atoms with E-state index < -0.39 is 0 Å². The lowest BCUT2D eigenvalue weighted by atomic mass is 10.1. The minimum atomic E-state index is -0.00324. The standard InChI is InChI=1S/C10H9NOS/c1-7-3-2-4-8(5-7)9-6-13-10(12)11-9/h2-6H,1H3,(H,11,12). The van der Waals surface area contributed by atoms with Crippen LogP contribution >= 0.6 is 11.3 Å². The summed E-state index contributed by atoms with van der Waals surface area (Å²) in [7, 11) is 0. The van der Waals surface area contributed by atoms with Gasteiger partial charge in [-0.15, -0.1) is 0 Å². The maximum Gasteiger partial charge on any atom is 0.304 e. The van der Waals surface area contributed by atoms with Gasteiger partial charge in [0.05, 0.1) is 5.69 Å². The number of rotatable bonds is 1. The first kappa shape index (κ1) is 8.26. The van der Waals surface area contributed by atoms with Gasteiger partial charge in [-0.1, -0.05) is 35.1 Å². The van der Waals surface area contributed by atoms with Gasteiger partial charge in [0.15, 0.2) is 0 Å². The molecule has 1 aromatic carbocycles. The Bertz CT molecular complexity index is 470. The lowest BCUT2D eigenvalue weighted by Gasteiger charge is -1.97. The van der Waals surface area contributed by atoms with Crippen molar-refractivity contribution in [2.45, 2.75) is 6.92 Å². The zero-order chi connectivity index (χ0) is 9.26. The van der Waals surface area contributed by atoms with Crippen LogP contribution in [0.4, 0.5) is 0 Å². The summed E-state index contributed by atoms with van der Waals surface area (Å²) in [6, 6.07) is 8.07. The van der Waals surface area contributed by atoms with E-state index in [0.717, 1.165) is 11.3 Å². The molecule has 13 heavy (non-hydrogen) atoms. The number of aromatic amines is 1. The van der Waals surface area contributed by atoms with Crippen LogP contribution in [0.25, 0.3) is 11.3 Å². The minimum absolute atomic E-state index is 0.00324. The van der Waals surface area contributed by atoms with E-state index in [-0.39, 0.29) is 4.87 Å². The summed E-state index contributed by atoms with van der Waals surface area (Å²) in [4.78, 5) is 13.7. The lowest BCUT2D eigenvalue weighted by molar-refractivity contribution is 1.33. The predicted octanol–water partition coefficient (Wildman–Crippen LogP) is 2.41. The molecule has 0 spiro atoms. The molecule has 66 valence electrons. The molecule has 0 saturated carbocycles. The number of aromatic nitrogens is 1. The number of nitrogens with one attached hydrogen (secondary N) is 1. The van der Waals surface area contributed by atoms with Gasteiger partial charge in [0.25, 0.3) is 0 Å². The van der Waals surface area contributed by atoms with Crippen LogP contribution in [-0.4, -0.2) is 4.98 Å². The second kappa shape index (κ2) is 3.18. The van der Waals surface area contributed by atoms with Crippen LogP contribution in [0.15, 0.2) is 34.4 Å². The number of hydrogen-bond donors (Lipinski definition) is 1. The monoisotopic (exact) mass is 191 g/mol. The third kappa shape index (κ3) is 1.70. The van der Waals surface area contributed by atoms with Crippen molar-refractivity contribution in [3.05, 3.63) is 44.9 Å². The van der Waals surface area contributed by atoms with Crippen LogP contribution in [0, 0.1) is 6.92 Å². The van der Waals surface area contributed by atoms with Gasteiger partial charge in [-0.3, -0.25) is 4.79 Å². The molecule has 0 aliphatic rings. The van der Waals surface area contributed by atoms with Crippen LogP contribution in [0.5, 0.6) is 0 Å². The van der Waals surface area contributed by atoms with Crippen molar-refractivity contribution in [3.8, 4) is 11.3 Å². The Labute approximate surface area is 79.9 Å². The molecule has 1 heterocycles. The smallest absolute Gasteiger partial charge is 0.304 e. The molecule has 0 radical (unpaired) electrons. The molecule has 0 saturated heterocycles. The highest BCUT2D eigenvalue weighted by Crippen LogP contribution is 2.17. The SMILES string of the molecule is Cc1cccc(-c2csc(=O)[nH]2)c1. The fourth-order valence-electron chi connectivity index (χ4n) is 1.23. The van der Waals surface area contributed by atoms with E-state index in [2.05, 4.69) is 11.1 Å². The molecule has 0 bridgehead atoms. The molecule has 2 nitrogen and oxygen atoms in total. The fourth-order valence-corrected chi connectivity index (χ4v) is 1.82. The minimum Gasteiger partial charge on any atom is -0.312 e. The number of aryl methyl sites for hydroxylation is 1. The molecular formula is C10H9NOS. The van der Waals surface area contributed by atoms with Crippen molar-refractivity contribution in [2.75, 3.05) is 0 Å². The van der Waals surface area contributed by atoms with E-state index in [0.29, 0.717) is 0 Å². The summed E-state index contributed by atoms with van der Waals surface area (Å²) in [6.07, 6.45) is 0. The van der Waals surface area contributed by atoms with Crippen LogP contribution in [0.1, 0.15) is 5.56 Å². The first-order chi connectivity index (χ1) is 6.25. The van der Waals surface area contributed by atoms with Gasteiger partial charge in [0, 0.05) is 5.38 Å². The molecule has 1 aromatic heterocycles. The van der Waals surface area contributed by atoms with Crippen molar-refractivity contribution in [3.63, 3.8) is 0 Å². The summed E-state index contributed by atoms with van der Waals surface area (Å²) in [5.74, 6) is 0. The van der Waals surface area contributed by atoms with Crippen molar-refractivity contribution in [1.82, 2.24) is 4.98 Å². The van der Waals surface area contributed by atoms with Crippen LogP contribution in [0.3, 0.4) is 0 Å². The van der Waals surface area contributed by atoms with Crippen molar-refractivity contribution in [1.29, 1.82) is 0 Å². The van der Waals surface area contributed by atoms with Gasteiger partial charge in [0.2, 0.25) is 0 Å². The Hall–Kier alpha value is -1.35. The number of hydrogen-bond acceptors (Lipinski definition) is 2. The summed E-state index contributed by atoms with van der Waals surface area (Å²) >= 11 is 1.19. The van der Waals surface area contributed by atoms with Crippen molar-refractivity contribution in [2.24, 2.45) is 0 Å². The molecular weight excluding hydrogens is 182 g/mol. The van der Waals surface area contributed by atoms with Gasteiger partial charge < -0.3 is 4.98 Å². The summed E-state index contributed by atoms with van der Waals surface area (Å²) < 4.78 is 0. The van der Waals surface area contributed by atoms with E-state index >= 15 is 0 Å². The Morgan fingerprint density at radius 1 is 1.38 bits per heavy atom. The number of H-pyrrole nitrogens is 1. The Balaban J connectivity index is 2.52. The second-order valence-corrected chi connectivity index (χ2v) is 3.77. The molecule has 0 aliphatic heterocycles. The lowest BCUT2D eigenvalue weighted by Crippen LogP contribution is -1.92. The third-order valence-electron chi connectivity index (χ3n) is 1.85. The molecule has 0 atom stereocenters. The normalized spacial score (nSPS) is 10.2. The molecule has 2 rings (SSSR count). The van der Waals surface area contributed by atoms with E-state index in [9.17, 15) is 4.79 Å². The van der Waals surface area contributed by atoms with Crippen molar-refractivity contribution < 1.29 is 0 Å². The first-order valence-corrected chi connectivity index (χ1v) is 4.88. The van der Waals surface area contributed by atoms with E-state index in [1.807, 2.05) is 30.5 Å². The van der Waals surface area contributed by atoms with Gasteiger partial charge in [-0.2, -0.15) is 0 Å². The van der Waals surface area contributed by atoms with E-state index in [4.69, 9.17) is 0 Å². The first-order valence-electron chi connectivity index (χ1n) is 4.00. The molecule has 0 unspecified atom stereocenters. The average Bonchev–Trinajstić information content (AvgIpc) is 2.52. The van der Waals surface area contributed by atoms with Gasteiger partial charge in [-0.25, -0.2) is 0 Å². The van der Waals surface area contributed by atoms with Crippen molar-refractivity contribution >= 4 is 11.3 Å². The second-order valence-electron chi connectivity index (χ2n) is 2.93. The predicted molar refractivity (Wildman–Crippen MR) is 55.1 cm³/mol. The zero-order valence-electron chi connectivity index (χ0n) is 7.20. The van der Waals surface area contributed by atoms with Gasteiger partial charge in [-0.05, 0) is 18.6 Å². The molecule has 0 amide bonds. The maximum absolute atomic E-state index is 10.9. The number of thiazole rings is 1. The van der Waals surface area contributed by atoms with E-state index in [1.165, 1.54) is 16.9 Å². The Morgan fingerprint density at radius 3 is 2.85 bits per heavy atom. The molecule has 0 aliphatic carbocycles. The molecule has 2 aromatic rings. The quantitative estimate of drug-likeness (QED) is 0.737. The highest BCUT2D eigenvalue weighted by atomic mass is 32.1. The third-order valence-corrected chi connectivity index (χ3v) is 2.52. The molecule has 3 heteroatoms. The summed E-state index contributed by atoms with van der Waals surface area (Å²) in [5, 5.41) is 1.84. The Kier molecular flexibility index (Phi) is 2.02. The Morgan fingerprint density at radius 2 is 2.23 bits per heavy atom. The van der Waals surface area contributed by atoms with Crippen LogP contribution in [-0.2, 0) is 0 Å². The fraction of sp³-hybridized carbons (Fsp3) is 0.100. The average molecular weight is 191 g/mol. The molecule has 1 N–H and O–H groups in total. The van der Waals surface area contributed by atoms with Crippen LogP contribution < -0.4 is 4.87 Å².